The van der Waals surface area contributed by atoms with Crippen LogP contribution >= 0.6 is 38.6 Å². The van der Waals surface area contributed by atoms with Gasteiger partial charge in [-0.2, -0.15) is 62.3 Å². The number of rotatable bonds is 20. The molecule has 6 aromatic heterocycles. The highest BCUT2D eigenvalue weighted by atomic mass is 79.9. The fourth-order valence-corrected chi connectivity index (χ4v) is 14.0. The summed E-state index contributed by atoms with van der Waals surface area (Å²) in [5, 5.41) is 28.4. The van der Waals surface area contributed by atoms with Crippen molar-refractivity contribution in [2.75, 3.05) is 45.8 Å². The number of hydrogen-bond donors (Lipinski definition) is 0. The fourth-order valence-electron chi connectivity index (χ4n) is 12.1. The second-order valence-corrected chi connectivity index (χ2v) is 28.9. The van der Waals surface area contributed by atoms with Crippen molar-refractivity contribution < 1.29 is 62.0 Å². The second-order valence-electron chi connectivity index (χ2n) is 25.8. The van der Waals surface area contributed by atoms with Gasteiger partial charge in [0.2, 0.25) is 0 Å². The van der Waals surface area contributed by atoms with Crippen LogP contribution in [0.5, 0.6) is 0 Å². The smallest absolute Gasteiger partial charge is 0.399 e. The first kappa shape index (κ1) is 75.3. The van der Waals surface area contributed by atoms with Crippen molar-refractivity contribution in [3.63, 3.8) is 0 Å². The number of nitrogens with zero attached hydrogens (tertiary/aromatic N) is 14. The molecule has 2 saturated carbocycles. The summed E-state index contributed by atoms with van der Waals surface area (Å²) in [5.41, 5.74) is -3.27. The minimum atomic E-state index is -4.98. The molecule has 32 heteroatoms. The Morgan fingerprint density at radius 3 is 1.28 bits per heavy atom. The van der Waals surface area contributed by atoms with Gasteiger partial charge in [0, 0.05) is 101 Å². The molecule has 0 bridgehead atoms. The van der Waals surface area contributed by atoms with Crippen LogP contribution in [0.15, 0.2) is 88.3 Å². The van der Waals surface area contributed by atoms with Gasteiger partial charge in [0.15, 0.2) is 0 Å². The van der Waals surface area contributed by atoms with Crippen LogP contribution in [-0.4, -0.2) is 94.9 Å². The molecule has 530 valence electrons. The van der Waals surface area contributed by atoms with E-state index >= 15 is 0 Å². The topological polar surface area (TPSA) is 144 Å². The molecule has 0 radical (unpaired) electrons. The van der Waals surface area contributed by atoms with E-state index in [0.717, 1.165) is 97.4 Å². The van der Waals surface area contributed by atoms with Gasteiger partial charge >= 0.3 is 31.8 Å². The molecule has 2 aliphatic carbocycles. The van der Waals surface area contributed by atoms with Gasteiger partial charge in [0.05, 0.1) is 47.6 Å². The van der Waals surface area contributed by atoms with Gasteiger partial charge < -0.3 is 28.9 Å². The van der Waals surface area contributed by atoms with E-state index in [0.29, 0.717) is 47.6 Å². The number of pyridine rings is 2. The molecule has 0 atom stereocenters. The number of alkyl halides is 12. The molecule has 0 amide bonds. The predicted octanol–water partition coefficient (Wildman–Crippen LogP) is 16.9. The number of thiophene rings is 2. The minimum Gasteiger partial charge on any atom is -0.399 e. The van der Waals surface area contributed by atoms with E-state index < -0.39 is 65.3 Å². The Hall–Kier alpha value is -6.90. The Labute approximate surface area is 578 Å². The number of tetrazole rings is 2. The summed E-state index contributed by atoms with van der Waals surface area (Å²) in [6.45, 7) is 18.2. The van der Waals surface area contributed by atoms with Gasteiger partial charge in [0.25, 0.3) is 11.9 Å². The molecule has 16 nitrogen and oxygen atoms in total. The van der Waals surface area contributed by atoms with Crippen LogP contribution in [0, 0.1) is 25.7 Å². The molecule has 7 heterocycles. The molecule has 11 rings (SSSR count). The number of aryl methyl sites for hydroxylation is 4. The van der Waals surface area contributed by atoms with Crippen molar-refractivity contribution in [3.8, 4) is 11.1 Å². The van der Waals surface area contributed by atoms with Crippen LogP contribution < -0.4 is 25.1 Å². The Morgan fingerprint density at radius 2 is 0.939 bits per heavy atom. The molecule has 3 fully saturated rings. The van der Waals surface area contributed by atoms with Crippen LogP contribution in [0.4, 0.5) is 76.2 Å². The van der Waals surface area contributed by atoms with E-state index in [1.807, 2.05) is 78.2 Å². The summed E-state index contributed by atoms with van der Waals surface area (Å²) in [6.07, 6.45) is -7.23. The quantitative estimate of drug-likeness (QED) is 0.0527. The molecule has 3 aliphatic rings. The molecule has 1 aliphatic heterocycles. The van der Waals surface area contributed by atoms with E-state index in [-0.39, 0.29) is 61.3 Å². The monoisotopic (exact) mass is 1480 g/mol. The zero-order valence-corrected chi connectivity index (χ0v) is 59.2. The average Bonchev–Trinajstić information content (AvgIpc) is 1.56. The number of halogens is 13. The van der Waals surface area contributed by atoms with Gasteiger partial charge in [-0.15, -0.1) is 32.9 Å². The highest BCUT2D eigenvalue weighted by molar-refractivity contribution is 9.10. The molecular weight excluding hydrogens is 1400 g/mol. The van der Waals surface area contributed by atoms with Crippen LogP contribution in [0.3, 0.4) is 0 Å². The summed E-state index contributed by atoms with van der Waals surface area (Å²) >= 11 is 6.73. The lowest BCUT2D eigenvalue weighted by Gasteiger charge is -2.32. The Kier molecular flexibility index (Phi) is 23.8. The second kappa shape index (κ2) is 30.9. The van der Waals surface area contributed by atoms with E-state index in [1.165, 1.54) is 55.7 Å². The van der Waals surface area contributed by atoms with Crippen LogP contribution in [-0.2, 0) is 74.3 Å². The van der Waals surface area contributed by atoms with Crippen molar-refractivity contribution in [1.29, 1.82) is 0 Å². The largest absolute Gasteiger partial charge is 0.496 e. The molecule has 1 saturated heterocycles. The first-order chi connectivity index (χ1) is 46.0. The molecule has 98 heavy (non-hydrogen) atoms. The van der Waals surface area contributed by atoms with Crippen molar-refractivity contribution in [1.82, 2.24) is 50.4 Å². The predicted molar refractivity (Wildman–Crippen MR) is 359 cm³/mol. The summed E-state index contributed by atoms with van der Waals surface area (Å²) in [6, 6.07) is 11.1. The molecule has 8 aromatic rings. The first-order valence-electron chi connectivity index (χ1n) is 32.1. The maximum atomic E-state index is 13.7. The van der Waals surface area contributed by atoms with Gasteiger partial charge in [-0.25, -0.2) is 9.97 Å². The normalized spacial score (nSPS) is 15.9. The van der Waals surface area contributed by atoms with E-state index in [2.05, 4.69) is 74.9 Å². The minimum absolute atomic E-state index is 0.000135. The van der Waals surface area contributed by atoms with E-state index in [9.17, 15) is 52.7 Å². The van der Waals surface area contributed by atoms with Crippen molar-refractivity contribution in [2.24, 2.45) is 25.9 Å². The van der Waals surface area contributed by atoms with E-state index in [1.54, 1.807) is 28.9 Å². The third-order valence-electron chi connectivity index (χ3n) is 18.0. The summed E-state index contributed by atoms with van der Waals surface area (Å²) in [5.74, 6) is 2.46. The van der Waals surface area contributed by atoms with E-state index in [4.69, 9.17) is 19.3 Å². The van der Waals surface area contributed by atoms with Crippen LogP contribution in [0.1, 0.15) is 147 Å². The van der Waals surface area contributed by atoms with Gasteiger partial charge in [-0.3, -0.25) is 0 Å². The first-order valence-corrected chi connectivity index (χ1v) is 34.7. The third-order valence-corrected chi connectivity index (χ3v) is 20.8. The number of benzene rings is 2. The lowest BCUT2D eigenvalue weighted by atomic mass is 9.79. The van der Waals surface area contributed by atoms with Crippen molar-refractivity contribution in [2.45, 2.75) is 169 Å². The Balaban J connectivity index is 0.000000208. The fraction of sp³-hybridized carbons (Fsp3) is 0.515. The third kappa shape index (κ3) is 19.1. The maximum absolute atomic E-state index is 13.7. The number of aromatic nitrogens is 10. The highest BCUT2D eigenvalue weighted by Crippen LogP contribution is 2.42. The molecule has 0 N–H and O–H groups in total. The molecule has 0 spiro atoms. The van der Waals surface area contributed by atoms with Gasteiger partial charge in [0.1, 0.15) is 11.6 Å². The lowest BCUT2D eigenvalue weighted by molar-refractivity contribution is -0.144. The van der Waals surface area contributed by atoms with Crippen molar-refractivity contribution in [3.05, 3.63) is 143 Å². The van der Waals surface area contributed by atoms with Crippen LogP contribution in [0.2, 0.25) is 0 Å². The van der Waals surface area contributed by atoms with Gasteiger partial charge in [-0.1, -0.05) is 41.9 Å². The van der Waals surface area contributed by atoms with Crippen molar-refractivity contribution >= 4 is 74.7 Å². The number of hydrogen-bond acceptors (Lipinski definition) is 16. The maximum Gasteiger partial charge on any atom is 0.496 e. The lowest BCUT2D eigenvalue weighted by Crippen LogP contribution is -2.41. The average molecular weight is 1480 g/mol. The molecule has 2 aromatic carbocycles. The zero-order valence-electron chi connectivity index (χ0n) is 55.9. The standard InChI is InChI=1S/C31H40BF6N7O2.C30H33F6N7S.C5H5BrS/c1-7-44(17-20-10-8-9-11-20)26-22(14-25(16-39-26)32-46-28(2,3)29(4,5)47-32)19-45(27-40-42-43(6)41-27)18-21-12-23(30(33,34)35)15-24(13-21)31(36,37)38;1-4-42(16-20-7-5-6-8-20)27-23(13-22(15-37-27)26-9-10-44-19(26)2)18-43(28-38-40-41(3)39-28)17-21-11-24(29(31,32)33)14-25(12-21)30(34,35)36;1-4-5(6)2-3-7-4/h12-16,20H,7-11,17-19H2,1-6H3;9-15,20H,4-8,16-18H2,1-3H3;2-3H,1H3. The molecular formula is C66H78BBrF12N14O2S2. The zero-order chi connectivity index (χ0) is 71.3. The highest BCUT2D eigenvalue weighted by Gasteiger charge is 2.52. The molecule has 0 unspecified atom stereocenters. The SMILES string of the molecule is CCN(CC1CCCC1)c1ncc(-c2ccsc2C)cc1CN(Cc1cc(C(F)(F)F)cc(C(F)(F)F)c1)c1nnn(C)n1.CCN(CC1CCCC1)c1ncc(B2OC(C)(C)C(C)(C)O2)cc1CN(Cc1cc(C(F)(F)F)cc(C(F)(F)F)c1)c1nnn(C)n1.Cc1sccc1Br. The Morgan fingerprint density at radius 1 is 0.541 bits per heavy atom. The van der Waals surface area contributed by atoms with Crippen LogP contribution in [0.25, 0.3) is 11.1 Å². The van der Waals surface area contributed by atoms with Gasteiger partial charge in [-0.05, 0) is 201 Å². The summed E-state index contributed by atoms with van der Waals surface area (Å²) < 4.78 is 178. The summed E-state index contributed by atoms with van der Waals surface area (Å²) in [4.78, 5) is 22.0. The Bertz CT molecular complexity index is 3860. The number of anilines is 4. The summed E-state index contributed by atoms with van der Waals surface area (Å²) in [7, 11) is 2.31.